The summed E-state index contributed by atoms with van der Waals surface area (Å²) >= 11 is 1.14. The number of para-hydroxylation sites is 1. The van der Waals surface area contributed by atoms with Gasteiger partial charge in [-0.2, -0.15) is 0 Å². The van der Waals surface area contributed by atoms with Crippen molar-refractivity contribution >= 4 is 11.5 Å². The Labute approximate surface area is 117 Å². The van der Waals surface area contributed by atoms with Gasteiger partial charge in [0.1, 0.15) is 5.75 Å². The lowest BCUT2D eigenvalue weighted by molar-refractivity contribution is -0.275. The van der Waals surface area contributed by atoms with Crippen LogP contribution in [0.5, 0.6) is 5.75 Å². The van der Waals surface area contributed by atoms with Gasteiger partial charge in [-0.3, -0.25) is 0 Å². The minimum Gasteiger partial charge on any atom is -0.405 e. The first-order valence-electron chi connectivity index (χ1n) is 5.86. The highest BCUT2D eigenvalue weighted by Gasteiger charge is 2.33. The van der Waals surface area contributed by atoms with Crippen molar-refractivity contribution in [3.05, 3.63) is 40.9 Å². The summed E-state index contributed by atoms with van der Waals surface area (Å²) in [6, 6.07) is 5.52. The molecule has 2 aromatic rings. The zero-order valence-corrected chi connectivity index (χ0v) is 11.3. The Hall–Kier alpha value is -1.67. The molecule has 4 nitrogen and oxygen atoms in total. The molecule has 0 fully saturated rings. The molecule has 108 valence electrons. The molecule has 1 N–H and O–H groups in total. The third-order valence-corrected chi connectivity index (χ3v) is 3.06. The molecule has 2 rings (SSSR count). The summed E-state index contributed by atoms with van der Waals surface area (Å²) in [5, 5.41) is 8.69. The summed E-state index contributed by atoms with van der Waals surface area (Å²) in [5.41, 5.74) is 0.939. The number of nitrogens with one attached hydrogen (secondary N) is 1. The summed E-state index contributed by atoms with van der Waals surface area (Å²) < 4.78 is 45.2. The maximum Gasteiger partial charge on any atom is 0.573 e. The first kappa shape index (κ1) is 14.7. The largest absolute Gasteiger partial charge is 0.573 e. The standard InChI is InChI=1S/C12H12F3N3OS/c1-2-16-11(9-7-20-18-17-9)8-5-3-4-6-10(8)19-12(13,14)15/h3-7,11,16H,2H2,1H3. The van der Waals surface area contributed by atoms with Gasteiger partial charge in [0, 0.05) is 10.9 Å². The van der Waals surface area contributed by atoms with Crippen molar-refractivity contribution in [1.29, 1.82) is 0 Å². The Balaban J connectivity index is 2.38. The first-order valence-corrected chi connectivity index (χ1v) is 6.70. The number of hydrogen-bond donors (Lipinski definition) is 1. The van der Waals surface area contributed by atoms with Crippen LogP contribution in [0.15, 0.2) is 29.6 Å². The fourth-order valence-electron chi connectivity index (χ4n) is 1.81. The Morgan fingerprint density at radius 3 is 2.70 bits per heavy atom. The van der Waals surface area contributed by atoms with Crippen LogP contribution in [0.2, 0.25) is 0 Å². The van der Waals surface area contributed by atoms with Crippen LogP contribution in [0, 0.1) is 0 Å². The molecule has 1 atom stereocenters. The fourth-order valence-corrected chi connectivity index (χ4v) is 2.29. The topological polar surface area (TPSA) is 47.0 Å². The zero-order valence-electron chi connectivity index (χ0n) is 10.5. The molecule has 0 saturated heterocycles. The van der Waals surface area contributed by atoms with Crippen molar-refractivity contribution in [3.8, 4) is 5.75 Å². The Morgan fingerprint density at radius 2 is 2.10 bits per heavy atom. The molecule has 0 aliphatic carbocycles. The molecule has 0 aliphatic rings. The Bertz CT molecular complexity index is 545. The van der Waals surface area contributed by atoms with Gasteiger partial charge in [0.15, 0.2) is 0 Å². The lowest BCUT2D eigenvalue weighted by atomic mass is 10.0. The van der Waals surface area contributed by atoms with Crippen molar-refractivity contribution in [2.24, 2.45) is 0 Å². The molecule has 1 aromatic heterocycles. The molecule has 0 bridgehead atoms. The minimum atomic E-state index is -4.73. The maximum absolute atomic E-state index is 12.4. The quantitative estimate of drug-likeness (QED) is 0.922. The number of ether oxygens (including phenoxy) is 1. The number of nitrogens with zero attached hydrogens (tertiary/aromatic N) is 2. The normalized spacial score (nSPS) is 13.2. The smallest absolute Gasteiger partial charge is 0.405 e. The highest BCUT2D eigenvalue weighted by atomic mass is 32.1. The zero-order chi connectivity index (χ0) is 14.6. The predicted octanol–water partition coefficient (Wildman–Crippen LogP) is 3.14. The molecular weight excluding hydrogens is 291 g/mol. The van der Waals surface area contributed by atoms with Crippen molar-refractivity contribution in [2.75, 3.05) is 6.54 Å². The SMILES string of the molecule is CCNC(c1csnn1)c1ccccc1OC(F)(F)F. The molecule has 0 aliphatic heterocycles. The van der Waals surface area contributed by atoms with Gasteiger partial charge in [-0.15, -0.1) is 18.3 Å². The molecular formula is C12H12F3N3OS. The van der Waals surface area contributed by atoms with Gasteiger partial charge < -0.3 is 10.1 Å². The average Bonchev–Trinajstić information content (AvgIpc) is 2.89. The number of rotatable bonds is 5. The van der Waals surface area contributed by atoms with E-state index in [1.165, 1.54) is 12.1 Å². The number of aromatic nitrogens is 2. The van der Waals surface area contributed by atoms with Gasteiger partial charge in [0.05, 0.1) is 11.7 Å². The fraction of sp³-hybridized carbons (Fsp3) is 0.333. The van der Waals surface area contributed by atoms with Crippen LogP contribution in [-0.2, 0) is 0 Å². The van der Waals surface area contributed by atoms with Gasteiger partial charge in [-0.1, -0.05) is 29.6 Å². The van der Waals surface area contributed by atoms with Gasteiger partial charge in [0.25, 0.3) is 0 Å². The van der Waals surface area contributed by atoms with E-state index in [1.807, 2.05) is 6.92 Å². The molecule has 0 amide bonds. The molecule has 1 unspecified atom stereocenters. The third-order valence-electron chi connectivity index (χ3n) is 2.54. The third kappa shape index (κ3) is 3.67. The summed E-state index contributed by atoms with van der Waals surface area (Å²) in [4.78, 5) is 0. The van der Waals surface area contributed by atoms with Crippen LogP contribution in [0.4, 0.5) is 13.2 Å². The Morgan fingerprint density at radius 1 is 1.35 bits per heavy atom. The van der Waals surface area contributed by atoms with E-state index in [0.717, 1.165) is 11.5 Å². The number of benzene rings is 1. The summed E-state index contributed by atoms with van der Waals surface area (Å²) in [6.07, 6.45) is -4.73. The van der Waals surface area contributed by atoms with Crippen molar-refractivity contribution < 1.29 is 17.9 Å². The second kappa shape index (κ2) is 6.19. The van der Waals surface area contributed by atoms with Gasteiger partial charge in [-0.25, -0.2) is 0 Å². The van der Waals surface area contributed by atoms with Crippen molar-refractivity contribution in [2.45, 2.75) is 19.3 Å². The second-order valence-electron chi connectivity index (χ2n) is 3.91. The van der Waals surface area contributed by atoms with E-state index in [-0.39, 0.29) is 5.75 Å². The van der Waals surface area contributed by atoms with E-state index in [9.17, 15) is 13.2 Å². The molecule has 0 spiro atoms. The highest BCUT2D eigenvalue weighted by molar-refractivity contribution is 7.03. The van der Waals surface area contributed by atoms with E-state index in [0.29, 0.717) is 17.8 Å². The number of hydrogen-bond acceptors (Lipinski definition) is 5. The van der Waals surface area contributed by atoms with Crippen molar-refractivity contribution in [1.82, 2.24) is 14.9 Å². The van der Waals surface area contributed by atoms with E-state index in [4.69, 9.17) is 0 Å². The van der Waals surface area contributed by atoms with Crippen LogP contribution >= 0.6 is 11.5 Å². The summed E-state index contributed by atoms with van der Waals surface area (Å²) in [5.74, 6) is -0.237. The average molecular weight is 303 g/mol. The van der Waals surface area contributed by atoms with E-state index < -0.39 is 12.4 Å². The number of halogens is 3. The molecule has 0 radical (unpaired) electrons. The van der Waals surface area contributed by atoms with Gasteiger partial charge in [0.2, 0.25) is 0 Å². The van der Waals surface area contributed by atoms with E-state index in [2.05, 4.69) is 19.6 Å². The van der Waals surface area contributed by atoms with E-state index >= 15 is 0 Å². The van der Waals surface area contributed by atoms with Crippen LogP contribution in [-0.4, -0.2) is 22.5 Å². The molecule has 20 heavy (non-hydrogen) atoms. The predicted molar refractivity (Wildman–Crippen MR) is 68.6 cm³/mol. The molecule has 8 heteroatoms. The van der Waals surface area contributed by atoms with Crippen LogP contribution < -0.4 is 10.1 Å². The monoisotopic (exact) mass is 303 g/mol. The van der Waals surface area contributed by atoms with Gasteiger partial charge >= 0.3 is 6.36 Å². The lowest BCUT2D eigenvalue weighted by Gasteiger charge is -2.20. The first-order chi connectivity index (χ1) is 9.51. The highest BCUT2D eigenvalue weighted by Crippen LogP contribution is 2.32. The summed E-state index contributed by atoms with van der Waals surface area (Å²) in [6.45, 7) is 2.43. The Kier molecular flexibility index (Phi) is 4.56. The molecule has 1 heterocycles. The van der Waals surface area contributed by atoms with Crippen LogP contribution in [0.25, 0.3) is 0 Å². The lowest BCUT2D eigenvalue weighted by Crippen LogP contribution is -2.25. The number of alkyl halides is 3. The van der Waals surface area contributed by atoms with Crippen molar-refractivity contribution in [3.63, 3.8) is 0 Å². The van der Waals surface area contributed by atoms with E-state index in [1.54, 1.807) is 17.5 Å². The maximum atomic E-state index is 12.4. The molecule has 1 aromatic carbocycles. The molecule has 0 saturated carbocycles. The minimum absolute atomic E-state index is 0.237. The van der Waals surface area contributed by atoms with Crippen LogP contribution in [0.3, 0.4) is 0 Å². The second-order valence-corrected chi connectivity index (χ2v) is 4.52. The van der Waals surface area contributed by atoms with Gasteiger partial charge in [-0.05, 0) is 24.1 Å². The van der Waals surface area contributed by atoms with Crippen LogP contribution in [0.1, 0.15) is 24.2 Å². The summed E-state index contributed by atoms with van der Waals surface area (Å²) in [7, 11) is 0.